The zero-order chi connectivity index (χ0) is 22.4. The topological polar surface area (TPSA) is 117 Å². The first-order chi connectivity index (χ1) is 14.9. The van der Waals surface area contributed by atoms with Gasteiger partial charge in [0.15, 0.2) is 11.2 Å². The molecule has 0 saturated heterocycles. The van der Waals surface area contributed by atoms with Crippen molar-refractivity contribution in [2.24, 2.45) is 0 Å². The van der Waals surface area contributed by atoms with E-state index in [-0.39, 0.29) is 17.9 Å². The Labute approximate surface area is 184 Å². The second kappa shape index (κ2) is 10.3. The number of hydrogen-bond acceptors (Lipinski definition) is 7. The molecule has 0 aliphatic carbocycles. The second-order valence-electron chi connectivity index (χ2n) is 7.30. The molecule has 0 fully saturated rings. The Kier molecular flexibility index (Phi) is 7.48. The maximum atomic E-state index is 12.6. The number of aliphatic hydroxyl groups excluding tert-OH is 1. The van der Waals surface area contributed by atoms with E-state index in [4.69, 9.17) is 4.74 Å². The normalized spacial score (nSPS) is 12.0. The molecule has 2 aromatic heterocycles. The zero-order valence-electron chi connectivity index (χ0n) is 17.7. The maximum Gasteiger partial charge on any atom is 0.255 e. The maximum absolute atomic E-state index is 12.6. The van der Waals surface area contributed by atoms with Crippen molar-refractivity contribution >= 4 is 33.8 Å². The van der Waals surface area contributed by atoms with Crippen molar-refractivity contribution < 1.29 is 19.4 Å². The lowest BCUT2D eigenvalue weighted by Gasteiger charge is -2.15. The number of amides is 2. The number of aliphatic hydroxyl groups is 1. The summed E-state index contributed by atoms with van der Waals surface area (Å²) in [5, 5.41) is 21.0. The summed E-state index contributed by atoms with van der Waals surface area (Å²) in [5.74, 6) is 0.0560. The van der Waals surface area contributed by atoms with Gasteiger partial charge in [-0.2, -0.15) is 0 Å². The Balaban J connectivity index is 1.60. The molecule has 0 bridgehead atoms. The van der Waals surface area contributed by atoms with Crippen LogP contribution in [0, 0.1) is 0 Å². The van der Waals surface area contributed by atoms with Gasteiger partial charge in [0.05, 0.1) is 12.7 Å². The number of carbonyl (C=O) groups is 2. The number of fused-ring (bicyclic) bond motifs is 1. The van der Waals surface area contributed by atoms with Crippen molar-refractivity contribution in [2.45, 2.75) is 39.0 Å². The number of benzene rings is 1. The van der Waals surface area contributed by atoms with Crippen LogP contribution in [0.3, 0.4) is 0 Å². The molecule has 2 heterocycles. The van der Waals surface area contributed by atoms with Crippen LogP contribution in [0.4, 0.5) is 5.69 Å². The van der Waals surface area contributed by atoms with E-state index in [9.17, 15) is 14.7 Å². The highest BCUT2D eigenvalue weighted by Gasteiger charge is 2.16. The molecule has 0 aliphatic heterocycles. The van der Waals surface area contributed by atoms with Crippen molar-refractivity contribution in [3.05, 3.63) is 47.2 Å². The SMILES string of the molecule is COc1ccc(NC(O)c2cn3ccsc3n2)cc1C(=O)NCCCC(=O)NC(C)C. The minimum atomic E-state index is -1.03. The molecule has 10 heteroatoms. The molecule has 9 nitrogen and oxygen atoms in total. The number of carbonyl (C=O) groups excluding carboxylic acids is 2. The summed E-state index contributed by atoms with van der Waals surface area (Å²) in [6.45, 7) is 4.16. The van der Waals surface area contributed by atoms with Crippen LogP contribution in [0.1, 0.15) is 49.0 Å². The van der Waals surface area contributed by atoms with E-state index in [2.05, 4.69) is 20.9 Å². The molecule has 1 atom stereocenters. The fourth-order valence-corrected chi connectivity index (χ4v) is 3.73. The van der Waals surface area contributed by atoms with E-state index in [1.54, 1.807) is 24.4 Å². The van der Waals surface area contributed by atoms with Gasteiger partial charge < -0.3 is 25.8 Å². The molecule has 2 amide bonds. The van der Waals surface area contributed by atoms with Gasteiger partial charge in [-0.3, -0.25) is 14.0 Å². The van der Waals surface area contributed by atoms with E-state index >= 15 is 0 Å². The Bertz CT molecular complexity index is 1020. The third-order valence-electron chi connectivity index (χ3n) is 4.46. The van der Waals surface area contributed by atoms with Gasteiger partial charge in [-0.05, 0) is 38.5 Å². The molecule has 0 saturated carbocycles. The number of aromatic nitrogens is 2. The average molecular weight is 446 g/mol. The Morgan fingerprint density at radius 3 is 2.84 bits per heavy atom. The quantitative estimate of drug-likeness (QED) is 0.281. The van der Waals surface area contributed by atoms with Crippen LogP contribution in [0.2, 0.25) is 0 Å². The number of anilines is 1. The van der Waals surface area contributed by atoms with Crippen LogP contribution in [-0.2, 0) is 4.79 Å². The van der Waals surface area contributed by atoms with Gasteiger partial charge in [-0.1, -0.05) is 0 Å². The van der Waals surface area contributed by atoms with Gasteiger partial charge in [0, 0.05) is 42.5 Å². The van der Waals surface area contributed by atoms with Crippen LogP contribution < -0.4 is 20.7 Å². The summed E-state index contributed by atoms with van der Waals surface area (Å²) in [4.78, 5) is 29.5. The lowest BCUT2D eigenvalue weighted by molar-refractivity contribution is -0.121. The Morgan fingerprint density at radius 2 is 2.13 bits per heavy atom. The van der Waals surface area contributed by atoms with Crippen LogP contribution in [0.5, 0.6) is 5.75 Å². The number of methoxy groups -OCH3 is 1. The molecule has 4 N–H and O–H groups in total. The third kappa shape index (κ3) is 5.96. The Hall–Kier alpha value is -3.11. The monoisotopic (exact) mass is 445 g/mol. The van der Waals surface area contributed by atoms with Gasteiger partial charge in [0.1, 0.15) is 11.4 Å². The molecular weight excluding hydrogens is 418 g/mol. The van der Waals surface area contributed by atoms with Crippen LogP contribution in [0.15, 0.2) is 36.0 Å². The smallest absolute Gasteiger partial charge is 0.255 e. The molecule has 0 spiro atoms. The summed E-state index contributed by atoms with van der Waals surface area (Å²) in [6.07, 6.45) is 3.45. The summed E-state index contributed by atoms with van der Waals surface area (Å²) in [7, 11) is 1.49. The van der Waals surface area contributed by atoms with E-state index in [0.717, 1.165) is 4.96 Å². The number of imidazole rings is 1. The van der Waals surface area contributed by atoms with Gasteiger partial charge in [0.25, 0.3) is 5.91 Å². The minimum Gasteiger partial charge on any atom is -0.496 e. The van der Waals surface area contributed by atoms with Gasteiger partial charge in [0.2, 0.25) is 5.91 Å². The molecule has 31 heavy (non-hydrogen) atoms. The fraction of sp³-hybridized carbons (Fsp3) is 0.381. The van der Waals surface area contributed by atoms with Crippen molar-refractivity contribution in [2.75, 3.05) is 19.0 Å². The highest BCUT2D eigenvalue weighted by atomic mass is 32.1. The molecule has 0 radical (unpaired) electrons. The number of ether oxygens (including phenoxy) is 1. The lowest BCUT2D eigenvalue weighted by atomic mass is 10.1. The number of rotatable bonds is 10. The second-order valence-corrected chi connectivity index (χ2v) is 8.18. The van der Waals surface area contributed by atoms with Gasteiger partial charge >= 0.3 is 0 Å². The molecular formula is C21H27N5O4S. The predicted octanol–water partition coefficient (Wildman–Crippen LogP) is 2.54. The molecule has 166 valence electrons. The predicted molar refractivity (Wildman–Crippen MR) is 119 cm³/mol. The van der Waals surface area contributed by atoms with Gasteiger partial charge in [-0.25, -0.2) is 4.98 Å². The number of nitrogens with one attached hydrogen (secondary N) is 3. The molecule has 1 aromatic carbocycles. The summed E-state index contributed by atoms with van der Waals surface area (Å²) >= 11 is 1.48. The Morgan fingerprint density at radius 1 is 1.32 bits per heavy atom. The molecule has 3 aromatic rings. The van der Waals surface area contributed by atoms with E-state index < -0.39 is 6.23 Å². The number of nitrogens with zero attached hydrogens (tertiary/aromatic N) is 2. The standard InChI is InChI=1S/C21H27N5O4S/c1-13(2)23-18(27)5-4-8-22-19(28)15-11-14(6-7-17(15)30-3)24-20(29)16-12-26-9-10-31-21(26)25-16/h6-7,9-13,20,24,29H,4-5,8H2,1-3H3,(H,22,28)(H,23,27). The van der Waals surface area contributed by atoms with Crippen molar-refractivity contribution in [3.63, 3.8) is 0 Å². The van der Waals surface area contributed by atoms with Crippen molar-refractivity contribution in [1.29, 1.82) is 0 Å². The molecule has 0 aliphatic rings. The molecule has 3 rings (SSSR count). The average Bonchev–Trinajstić information content (AvgIpc) is 3.33. The summed E-state index contributed by atoms with van der Waals surface area (Å²) in [5.41, 5.74) is 1.36. The lowest BCUT2D eigenvalue weighted by Crippen LogP contribution is -2.31. The van der Waals surface area contributed by atoms with E-state index in [1.165, 1.54) is 18.4 Å². The van der Waals surface area contributed by atoms with Crippen molar-refractivity contribution in [3.8, 4) is 5.75 Å². The van der Waals surface area contributed by atoms with E-state index in [1.807, 2.05) is 29.8 Å². The largest absolute Gasteiger partial charge is 0.496 e. The summed E-state index contributed by atoms with van der Waals surface area (Å²) in [6, 6.07) is 5.08. The highest BCUT2D eigenvalue weighted by molar-refractivity contribution is 7.15. The first-order valence-electron chi connectivity index (χ1n) is 9.99. The number of hydrogen-bond donors (Lipinski definition) is 4. The van der Waals surface area contributed by atoms with Crippen LogP contribution in [-0.4, -0.2) is 46.0 Å². The zero-order valence-corrected chi connectivity index (χ0v) is 18.5. The third-order valence-corrected chi connectivity index (χ3v) is 5.23. The number of thiazole rings is 1. The minimum absolute atomic E-state index is 0.0406. The first kappa shape index (κ1) is 22.6. The van der Waals surface area contributed by atoms with Crippen LogP contribution in [0.25, 0.3) is 4.96 Å². The van der Waals surface area contributed by atoms with Crippen molar-refractivity contribution in [1.82, 2.24) is 20.0 Å². The highest BCUT2D eigenvalue weighted by Crippen LogP contribution is 2.25. The molecule has 1 unspecified atom stereocenters. The van der Waals surface area contributed by atoms with E-state index in [0.29, 0.717) is 42.1 Å². The summed E-state index contributed by atoms with van der Waals surface area (Å²) < 4.78 is 7.13. The van der Waals surface area contributed by atoms with Crippen LogP contribution >= 0.6 is 11.3 Å². The first-order valence-corrected chi connectivity index (χ1v) is 10.9. The van der Waals surface area contributed by atoms with Gasteiger partial charge in [-0.15, -0.1) is 11.3 Å². The fourth-order valence-electron chi connectivity index (χ4n) is 3.02.